The van der Waals surface area contributed by atoms with Crippen molar-refractivity contribution in [1.29, 1.82) is 0 Å². The standard InChI is InChI=1S/C18H22FNO2/c1-10(2)14-7-12(19)8-16-15(14)9-17-13(11(3)18(21)22)5-4-6-20(16)17/h7-11,13H,4-6H2,1-3H3,(H,21,22). The van der Waals surface area contributed by atoms with Gasteiger partial charge in [0.05, 0.1) is 11.4 Å². The summed E-state index contributed by atoms with van der Waals surface area (Å²) in [7, 11) is 0. The molecule has 0 saturated heterocycles. The lowest BCUT2D eigenvalue weighted by Gasteiger charge is -2.28. The van der Waals surface area contributed by atoms with Crippen molar-refractivity contribution in [1.82, 2.24) is 4.57 Å². The van der Waals surface area contributed by atoms with Crippen molar-refractivity contribution in [3.63, 3.8) is 0 Å². The fraction of sp³-hybridized carbons (Fsp3) is 0.500. The molecule has 1 aliphatic rings. The van der Waals surface area contributed by atoms with E-state index in [9.17, 15) is 14.3 Å². The van der Waals surface area contributed by atoms with Crippen molar-refractivity contribution in [2.75, 3.05) is 0 Å². The summed E-state index contributed by atoms with van der Waals surface area (Å²) in [6, 6.07) is 5.28. The minimum Gasteiger partial charge on any atom is -0.481 e. The van der Waals surface area contributed by atoms with Crippen LogP contribution in [-0.2, 0) is 11.3 Å². The summed E-state index contributed by atoms with van der Waals surface area (Å²) in [4.78, 5) is 11.4. The highest BCUT2D eigenvalue weighted by atomic mass is 19.1. The van der Waals surface area contributed by atoms with Crippen LogP contribution in [0.2, 0.25) is 0 Å². The molecule has 1 aromatic heterocycles. The zero-order valence-electron chi connectivity index (χ0n) is 13.3. The maximum atomic E-state index is 14.0. The van der Waals surface area contributed by atoms with Gasteiger partial charge in [0.15, 0.2) is 0 Å². The number of carboxylic acid groups (broad SMARTS) is 1. The molecule has 2 heterocycles. The van der Waals surface area contributed by atoms with Crippen LogP contribution in [-0.4, -0.2) is 15.6 Å². The molecule has 0 aliphatic carbocycles. The number of benzene rings is 1. The Labute approximate surface area is 129 Å². The van der Waals surface area contributed by atoms with Crippen molar-refractivity contribution in [3.8, 4) is 0 Å². The summed E-state index contributed by atoms with van der Waals surface area (Å²) < 4.78 is 16.1. The molecule has 22 heavy (non-hydrogen) atoms. The lowest BCUT2D eigenvalue weighted by atomic mass is 9.85. The van der Waals surface area contributed by atoms with Crippen LogP contribution in [0.5, 0.6) is 0 Å². The molecule has 0 fully saturated rings. The van der Waals surface area contributed by atoms with Crippen molar-refractivity contribution in [2.45, 2.75) is 52.0 Å². The molecule has 2 atom stereocenters. The van der Waals surface area contributed by atoms with Crippen LogP contribution in [0.15, 0.2) is 18.2 Å². The summed E-state index contributed by atoms with van der Waals surface area (Å²) >= 11 is 0. The van der Waals surface area contributed by atoms with Gasteiger partial charge in [-0.1, -0.05) is 20.8 Å². The minimum absolute atomic E-state index is 0.00160. The quantitative estimate of drug-likeness (QED) is 0.907. The average Bonchev–Trinajstić information content (AvgIpc) is 2.83. The number of hydrogen-bond acceptors (Lipinski definition) is 1. The van der Waals surface area contributed by atoms with Gasteiger partial charge in [-0.05, 0) is 42.5 Å². The Hall–Kier alpha value is -1.84. The van der Waals surface area contributed by atoms with E-state index in [1.54, 1.807) is 19.1 Å². The maximum absolute atomic E-state index is 14.0. The number of rotatable bonds is 3. The molecule has 0 radical (unpaired) electrons. The number of aliphatic carboxylic acids is 1. The normalized spacial score (nSPS) is 19.4. The van der Waals surface area contributed by atoms with E-state index in [0.29, 0.717) is 0 Å². The van der Waals surface area contributed by atoms with Crippen LogP contribution in [0.4, 0.5) is 4.39 Å². The Morgan fingerprint density at radius 1 is 1.32 bits per heavy atom. The van der Waals surface area contributed by atoms with Gasteiger partial charge in [-0.15, -0.1) is 0 Å². The number of aryl methyl sites for hydroxylation is 1. The molecule has 0 spiro atoms. The van der Waals surface area contributed by atoms with Crippen LogP contribution in [0, 0.1) is 11.7 Å². The van der Waals surface area contributed by atoms with Crippen molar-refractivity contribution >= 4 is 16.9 Å². The number of nitrogens with zero attached hydrogens (tertiary/aromatic N) is 1. The largest absolute Gasteiger partial charge is 0.481 e. The van der Waals surface area contributed by atoms with E-state index in [4.69, 9.17) is 0 Å². The van der Waals surface area contributed by atoms with E-state index >= 15 is 0 Å². The monoisotopic (exact) mass is 303 g/mol. The number of hydrogen-bond donors (Lipinski definition) is 1. The summed E-state index contributed by atoms with van der Waals surface area (Å²) in [5, 5.41) is 10.4. The Morgan fingerprint density at radius 3 is 2.68 bits per heavy atom. The molecule has 1 aliphatic heterocycles. The summed E-state index contributed by atoms with van der Waals surface area (Å²) in [6.07, 6.45) is 1.82. The summed E-state index contributed by atoms with van der Waals surface area (Å²) in [5.74, 6) is -1.17. The molecule has 0 saturated carbocycles. The predicted octanol–water partition coefficient (Wildman–Crippen LogP) is 4.50. The summed E-state index contributed by atoms with van der Waals surface area (Å²) in [6.45, 7) is 6.72. The van der Waals surface area contributed by atoms with Crippen molar-refractivity contribution < 1.29 is 14.3 Å². The maximum Gasteiger partial charge on any atom is 0.306 e. The summed E-state index contributed by atoms with van der Waals surface area (Å²) in [5.41, 5.74) is 2.95. The number of halogens is 1. The van der Waals surface area contributed by atoms with Crippen LogP contribution in [0.25, 0.3) is 10.9 Å². The average molecular weight is 303 g/mol. The number of aromatic nitrogens is 1. The highest BCUT2D eigenvalue weighted by Crippen LogP contribution is 2.39. The van der Waals surface area contributed by atoms with Crippen LogP contribution in [0.3, 0.4) is 0 Å². The van der Waals surface area contributed by atoms with E-state index in [1.807, 2.05) is 0 Å². The van der Waals surface area contributed by atoms with Gasteiger partial charge in [0.2, 0.25) is 0 Å². The Kier molecular flexibility index (Phi) is 3.71. The first-order chi connectivity index (χ1) is 10.4. The number of fused-ring (bicyclic) bond motifs is 3. The van der Waals surface area contributed by atoms with Gasteiger partial charge < -0.3 is 9.67 Å². The fourth-order valence-corrected chi connectivity index (χ4v) is 3.70. The van der Waals surface area contributed by atoms with E-state index in [-0.39, 0.29) is 17.7 Å². The first kappa shape index (κ1) is 15.1. The second kappa shape index (κ2) is 5.41. The second-order valence-electron chi connectivity index (χ2n) is 6.68. The smallest absolute Gasteiger partial charge is 0.306 e. The molecule has 2 aromatic rings. The molecule has 118 valence electrons. The van der Waals surface area contributed by atoms with Gasteiger partial charge in [-0.25, -0.2) is 4.39 Å². The molecule has 2 unspecified atom stereocenters. The Morgan fingerprint density at radius 2 is 2.05 bits per heavy atom. The first-order valence-electron chi connectivity index (χ1n) is 7.95. The van der Waals surface area contributed by atoms with E-state index < -0.39 is 11.9 Å². The molecule has 3 nitrogen and oxygen atoms in total. The third-order valence-corrected chi connectivity index (χ3v) is 4.94. The SMILES string of the molecule is CC(C)c1cc(F)cc2c1cc1n2CCCC1C(C)C(=O)O. The predicted molar refractivity (Wildman–Crippen MR) is 84.8 cm³/mol. The number of carboxylic acids is 1. The first-order valence-corrected chi connectivity index (χ1v) is 7.95. The molecule has 0 bridgehead atoms. The van der Waals surface area contributed by atoms with Crippen molar-refractivity contribution in [3.05, 3.63) is 35.3 Å². The van der Waals surface area contributed by atoms with Gasteiger partial charge in [-0.3, -0.25) is 4.79 Å². The van der Waals surface area contributed by atoms with Gasteiger partial charge in [-0.2, -0.15) is 0 Å². The Bertz CT molecular complexity index is 732. The molecule has 0 amide bonds. The molecule has 1 aromatic carbocycles. The fourth-order valence-electron chi connectivity index (χ4n) is 3.70. The van der Waals surface area contributed by atoms with Gasteiger partial charge >= 0.3 is 5.97 Å². The lowest BCUT2D eigenvalue weighted by molar-refractivity contribution is -0.142. The van der Waals surface area contributed by atoms with Crippen LogP contribution < -0.4 is 0 Å². The van der Waals surface area contributed by atoms with E-state index in [1.165, 1.54) is 0 Å². The van der Waals surface area contributed by atoms with E-state index in [2.05, 4.69) is 24.5 Å². The third-order valence-electron chi connectivity index (χ3n) is 4.94. The van der Waals surface area contributed by atoms with Crippen LogP contribution in [0.1, 0.15) is 56.7 Å². The highest BCUT2D eigenvalue weighted by molar-refractivity contribution is 5.86. The molecular formula is C18H22FNO2. The Balaban J connectivity index is 2.22. The lowest BCUT2D eigenvalue weighted by Crippen LogP contribution is -2.25. The van der Waals surface area contributed by atoms with Crippen molar-refractivity contribution in [2.24, 2.45) is 5.92 Å². The molecular weight excluding hydrogens is 281 g/mol. The molecule has 1 N–H and O–H groups in total. The second-order valence-corrected chi connectivity index (χ2v) is 6.68. The van der Waals surface area contributed by atoms with Crippen LogP contribution >= 0.6 is 0 Å². The molecule has 4 heteroatoms. The number of carbonyl (C=O) groups is 1. The van der Waals surface area contributed by atoms with E-state index in [0.717, 1.165) is 41.5 Å². The highest BCUT2D eigenvalue weighted by Gasteiger charge is 2.31. The molecule has 3 rings (SSSR count). The zero-order valence-corrected chi connectivity index (χ0v) is 13.3. The topological polar surface area (TPSA) is 42.2 Å². The minimum atomic E-state index is -0.765. The van der Waals surface area contributed by atoms with Gasteiger partial charge in [0.1, 0.15) is 5.82 Å². The third kappa shape index (κ3) is 2.31. The zero-order chi connectivity index (χ0) is 16.0. The van der Waals surface area contributed by atoms with Gasteiger partial charge in [0.25, 0.3) is 0 Å². The van der Waals surface area contributed by atoms with Gasteiger partial charge in [0, 0.05) is 23.5 Å².